The zero-order chi connectivity index (χ0) is 15.4. The largest absolute Gasteiger partial charge is 0.462 e. The summed E-state index contributed by atoms with van der Waals surface area (Å²) in [6.07, 6.45) is 1.49. The number of rotatable bonds is 4. The number of nitrogens with two attached hydrogens (primary N) is 1. The van der Waals surface area contributed by atoms with Gasteiger partial charge in [0.1, 0.15) is 0 Å². The third kappa shape index (κ3) is 3.68. The van der Waals surface area contributed by atoms with E-state index < -0.39 is 5.97 Å². The van der Waals surface area contributed by atoms with Crippen LogP contribution in [-0.2, 0) is 9.47 Å². The van der Waals surface area contributed by atoms with Crippen LogP contribution < -0.4 is 10.6 Å². The number of morpholine rings is 1. The van der Waals surface area contributed by atoms with E-state index in [2.05, 4.69) is 9.97 Å². The van der Waals surface area contributed by atoms with Crippen molar-refractivity contribution < 1.29 is 14.3 Å². The third-order valence-electron chi connectivity index (χ3n) is 3.42. The molecule has 116 valence electrons. The van der Waals surface area contributed by atoms with Crippen LogP contribution in [0.3, 0.4) is 0 Å². The van der Waals surface area contributed by atoms with Crippen LogP contribution in [0.4, 0.5) is 5.95 Å². The van der Waals surface area contributed by atoms with Crippen LogP contribution in [0.1, 0.15) is 29.9 Å². The Bertz CT molecular complexity index is 507. The van der Waals surface area contributed by atoms with Gasteiger partial charge in [-0.25, -0.2) is 14.8 Å². The molecule has 21 heavy (non-hydrogen) atoms. The van der Waals surface area contributed by atoms with E-state index >= 15 is 0 Å². The van der Waals surface area contributed by atoms with Crippen LogP contribution in [-0.4, -0.2) is 54.4 Å². The van der Waals surface area contributed by atoms with Crippen LogP contribution in [0.2, 0.25) is 0 Å². The Kier molecular flexibility index (Phi) is 5.08. The molecule has 0 saturated carbocycles. The number of carbonyl (C=O) groups excluding carboxylic acids is 1. The lowest BCUT2D eigenvalue weighted by Gasteiger charge is -2.34. The standard InChI is InChI=1S/C14H22N4O3/c1-4-20-13(19)11-7-16-14(17-10(11)3)18-5-6-21-12(8-18)9(2)15/h7,9,12H,4-6,8,15H2,1-3H3. The lowest BCUT2D eigenvalue weighted by atomic mass is 10.1. The first kappa shape index (κ1) is 15.7. The van der Waals surface area contributed by atoms with E-state index in [1.807, 2.05) is 11.8 Å². The second-order valence-corrected chi connectivity index (χ2v) is 5.10. The smallest absolute Gasteiger partial charge is 0.341 e. The third-order valence-corrected chi connectivity index (χ3v) is 3.42. The van der Waals surface area contributed by atoms with Gasteiger partial charge in [-0.1, -0.05) is 0 Å². The molecule has 1 aromatic rings. The van der Waals surface area contributed by atoms with Gasteiger partial charge in [0.05, 0.1) is 30.6 Å². The summed E-state index contributed by atoms with van der Waals surface area (Å²) in [5.74, 6) is 0.200. The number of ether oxygens (including phenoxy) is 2. The summed E-state index contributed by atoms with van der Waals surface area (Å²) >= 11 is 0. The molecule has 2 rings (SSSR count). The number of hydrogen-bond acceptors (Lipinski definition) is 7. The first-order chi connectivity index (χ1) is 10.0. The van der Waals surface area contributed by atoms with Crippen molar-refractivity contribution in [3.63, 3.8) is 0 Å². The average Bonchev–Trinajstić information content (AvgIpc) is 2.47. The second-order valence-electron chi connectivity index (χ2n) is 5.10. The predicted octanol–water partition coefficient (Wildman–Crippen LogP) is 0.514. The van der Waals surface area contributed by atoms with Gasteiger partial charge in [0.15, 0.2) is 0 Å². The molecule has 1 fully saturated rings. The first-order valence-corrected chi connectivity index (χ1v) is 7.15. The number of esters is 1. The molecule has 1 aliphatic heterocycles. The van der Waals surface area contributed by atoms with Crippen LogP contribution in [0.5, 0.6) is 0 Å². The van der Waals surface area contributed by atoms with Gasteiger partial charge in [0.2, 0.25) is 5.95 Å². The Labute approximate surface area is 124 Å². The highest BCUT2D eigenvalue weighted by molar-refractivity contribution is 5.90. The number of nitrogens with zero attached hydrogens (tertiary/aromatic N) is 3. The Morgan fingerprint density at radius 1 is 1.67 bits per heavy atom. The molecule has 1 saturated heterocycles. The van der Waals surface area contributed by atoms with E-state index in [4.69, 9.17) is 15.2 Å². The minimum absolute atomic E-state index is 0.0348. The lowest BCUT2D eigenvalue weighted by molar-refractivity contribution is 0.0270. The van der Waals surface area contributed by atoms with E-state index in [0.29, 0.717) is 43.5 Å². The molecule has 0 aliphatic carbocycles. The van der Waals surface area contributed by atoms with Crippen molar-refractivity contribution in [3.05, 3.63) is 17.5 Å². The van der Waals surface area contributed by atoms with Crippen LogP contribution >= 0.6 is 0 Å². The fourth-order valence-corrected chi connectivity index (χ4v) is 2.19. The summed E-state index contributed by atoms with van der Waals surface area (Å²) in [4.78, 5) is 22.5. The zero-order valence-electron chi connectivity index (χ0n) is 12.7. The molecule has 1 aromatic heterocycles. The average molecular weight is 294 g/mol. The topological polar surface area (TPSA) is 90.6 Å². The molecule has 0 spiro atoms. The molecule has 1 aliphatic rings. The molecular weight excluding hydrogens is 272 g/mol. The van der Waals surface area contributed by atoms with Crippen LogP contribution in [0.25, 0.3) is 0 Å². The molecule has 7 heteroatoms. The van der Waals surface area contributed by atoms with Crippen molar-refractivity contribution in [2.45, 2.75) is 32.9 Å². The Morgan fingerprint density at radius 3 is 3.05 bits per heavy atom. The lowest BCUT2D eigenvalue weighted by Crippen LogP contribution is -2.50. The fourth-order valence-electron chi connectivity index (χ4n) is 2.19. The second kappa shape index (κ2) is 6.82. The first-order valence-electron chi connectivity index (χ1n) is 7.15. The number of aryl methyl sites for hydroxylation is 1. The van der Waals surface area contributed by atoms with E-state index in [1.54, 1.807) is 13.8 Å². The SMILES string of the molecule is CCOC(=O)c1cnc(N2CCOC(C(C)N)C2)nc1C. The minimum Gasteiger partial charge on any atom is -0.462 e. The van der Waals surface area contributed by atoms with Crippen LogP contribution in [0, 0.1) is 6.92 Å². The fraction of sp³-hybridized carbons (Fsp3) is 0.643. The summed E-state index contributed by atoms with van der Waals surface area (Å²) in [7, 11) is 0. The molecule has 7 nitrogen and oxygen atoms in total. The van der Waals surface area contributed by atoms with Gasteiger partial charge >= 0.3 is 5.97 Å². The normalized spacial score (nSPS) is 20.2. The van der Waals surface area contributed by atoms with Crippen molar-refractivity contribution in [3.8, 4) is 0 Å². The van der Waals surface area contributed by atoms with E-state index in [9.17, 15) is 4.79 Å². The quantitative estimate of drug-likeness (QED) is 0.809. The summed E-state index contributed by atoms with van der Waals surface area (Å²) < 4.78 is 10.6. The molecule has 2 N–H and O–H groups in total. The predicted molar refractivity (Wildman–Crippen MR) is 78.3 cm³/mol. The molecule has 2 unspecified atom stereocenters. The number of hydrogen-bond donors (Lipinski definition) is 1. The summed E-state index contributed by atoms with van der Waals surface area (Å²) in [5.41, 5.74) is 6.89. The van der Waals surface area contributed by atoms with E-state index in [-0.39, 0.29) is 12.1 Å². The highest BCUT2D eigenvalue weighted by Crippen LogP contribution is 2.16. The summed E-state index contributed by atoms with van der Waals surface area (Å²) in [6, 6.07) is -0.0484. The van der Waals surface area contributed by atoms with Gasteiger partial charge in [-0.05, 0) is 20.8 Å². The van der Waals surface area contributed by atoms with Crippen molar-refractivity contribution in [2.75, 3.05) is 31.2 Å². The molecule has 2 heterocycles. The summed E-state index contributed by atoms with van der Waals surface area (Å²) in [5, 5.41) is 0. The van der Waals surface area contributed by atoms with Gasteiger partial charge < -0.3 is 20.1 Å². The number of aromatic nitrogens is 2. The zero-order valence-corrected chi connectivity index (χ0v) is 12.7. The minimum atomic E-state index is -0.392. The molecule has 0 amide bonds. The van der Waals surface area contributed by atoms with E-state index in [1.165, 1.54) is 6.20 Å². The maximum absolute atomic E-state index is 11.7. The molecule has 2 atom stereocenters. The van der Waals surface area contributed by atoms with Crippen molar-refractivity contribution >= 4 is 11.9 Å². The Balaban J connectivity index is 2.14. The Hall–Kier alpha value is -1.73. The number of anilines is 1. The molecule has 0 bridgehead atoms. The molecular formula is C14H22N4O3. The van der Waals surface area contributed by atoms with Gasteiger partial charge in [-0.15, -0.1) is 0 Å². The van der Waals surface area contributed by atoms with Crippen molar-refractivity contribution in [1.82, 2.24) is 9.97 Å². The van der Waals surface area contributed by atoms with Gasteiger partial charge in [-0.2, -0.15) is 0 Å². The van der Waals surface area contributed by atoms with Crippen molar-refractivity contribution in [1.29, 1.82) is 0 Å². The van der Waals surface area contributed by atoms with Gasteiger partial charge in [-0.3, -0.25) is 0 Å². The van der Waals surface area contributed by atoms with Crippen LogP contribution in [0.15, 0.2) is 6.20 Å². The van der Waals surface area contributed by atoms with Gasteiger partial charge in [0, 0.05) is 25.3 Å². The van der Waals surface area contributed by atoms with E-state index in [0.717, 1.165) is 0 Å². The van der Waals surface area contributed by atoms with Gasteiger partial charge in [0.25, 0.3) is 0 Å². The highest BCUT2D eigenvalue weighted by atomic mass is 16.5. The summed E-state index contributed by atoms with van der Waals surface area (Å²) in [6.45, 7) is 7.75. The highest BCUT2D eigenvalue weighted by Gasteiger charge is 2.25. The Morgan fingerprint density at radius 2 is 2.43 bits per heavy atom. The number of carbonyl (C=O) groups is 1. The molecule has 0 radical (unpaired) electrons. The van der Waals surface area contributed by atoms with Crippen molar-refractivity contribution in [2.24, 2.45) is 5.73 Å². The monoisotopic (exact) mass is 294 g/mol. The molecule has 0 aromatic carbocycles. The maximum Gasteiger partial charge on any atom is 0.341 e. The maximum atomic E-state index is 11.7.